The van der Waals surface area contributed by atoms with Crippen LogP contribution in [-0.2, 0) is 10.8 Å². The molecular weight excluding hydrogens is 331 g/mol. The van der Waals surface area contributed by atoms with Crippen molar-refractivity contribution in [2.45, 2.75) is 51.4 Å². The molecule has 1 heterocycles. The van der Waals surface area contributed by atoms with E-state index in [1.165, 1.54) is 12.1 Å². The molecule has 1 aromatic carbocycles. The molecule has 0 saturated heterocycles. The number of hydrogen-bond acceptors (Lipinski definition) is 3. The standard InChI is InChI=1S/C21H21FN2O2/c1-20(2)9-10-21(3,4)18-17(20)23-12-15(24-18)8-7-13-5-6-14(19(25)26)11-16(13)22/h5-6,11-12H,9-10H2,1-4H3,(H,25,26). The average Bonchev–Trinajstić information content (AvgIpc) is 2.58. The molecule has 0 radical (unpaired) electrons. The van der Waals surface area contributed by atoms with Crippen molar-refractivity contribution in [3.05, 3.63) is 58.4 Å². The van der Waals surface area contributed by atoms with Crippen molar-refractivity contribution in [2.75, 3.05) is 0 Å². The van der Waals surface area contributed by atoms with E-state index in [1.807, 2.05) is 0 Å². The molecule has 0 aliphatic heterocycles. The maximum atomic E-state index is 14.0. The normalized spacial score (nSPS) is 17.0. The number of nitrogens with zero attached hydrogens (tertiary/aromatic N) is 2. The molecule has 0 bridgehead atoms. The first-order chi connectivity index (χ1) is 12.1. The Morgan fingerprint density at radius 1 is 1.12 bits per heavy atom. The van der Waals surface area contributed by atoms with Gasteiger partial charge in [0.05, 0.1) is 28.7 Å². The molecule has 1 aromatic heterocycles. The second-order valence-corrected chi connectivity index (χ2v) is 7.97. The van der Waals surface area contributed by atoms with Crippen molar-refractivity contribution in [1.29, 1.82) is 0 Å². The van der Waals surface area contributed by atoms with Crippen LogP contribution in [-0.4, -0.2) is 21.0 Å². The summed E-state index contributed by atoms with van der Waals surface area (Å²) in [4.78, 5) is 20.2. The van der Waals surface area contributed by atoms with E-state index < -0.39 is 11.8 Å². The summed E-state index contributed by atoms with van der Waals surface area (Å²) in [6.07, 6.45) is 3.69. The molecule has 3 rings (SSSR count). The van der Waals surface area contributed by atoms with Gasteiger partial charge in [0.25, 0.3) is 0 Å². The molecule has 2 aromatic rings. The molecular formula is C21H21FN2O2. The summed E-state index contributed by atoms with van der Waals surface area (Å²) >= 11 is 0. The van der Waals surface area contributed by atoms with Crippen LogP contribution in [0.4, 0.5) is 4.39 Å². The third kappa shape index (κ3) is 3.32. The number of aromatic carboxylic acids is 1. The van der Waals surface area contributed by atoms with Crippen LogP contribution in [0.25, 0.3) is 0 Å². The number of fused-ring (bicyclic) bond motifs is 1. The monoisotopic (exact) mass is 352 g/mol. The maximum absolute atomic E-state index is 14.0. The number of halogens is 1. The van der Waals surface area contributed by atoms with E-state index in [0.717, 1.165) is 30.3 Å². The van der Waals surface area contributed by atoms with Crippen LogP contribution in [0.15, 0.2) is 24.4 Å². The van der Waals surface area contributed by atoms with E-state index >= 15 is 0 Å². The summed E-state index contributed by atoms with van der Waals surface area (Å²) in [5.41, 5.74) is 2.35. The summed E-state index contributed by atoms with van der Waals surface area (Å²) in [7, 11) is 0. The van der Waals surface area contributed by atoms with Gasteiger partial charge in [-0.3, -0.25) is 4.98 Å². The highest BCUT2D eigenvalue weighted by molar-refractivity contribution is 5.87. The highest BCUT2D eigenvalue weighted by Gasteiger charge is 2.39. The van der Waals surface area contributed by atoms with Crippen molar-refractivity contribution < 1.29 is 14.3 Å². The summed E-state index contributed by atoms with van der Waals surface area (Å²) in [5.74, 6) is 3.75. The number of aromatic nitrogens is 2. The minimum Gasteiger partial charge on any atom is -0.478 e. The van der Waals surface area contributed by atoms with Crippen molar-refractivity contribution in [3.8, 4) is 11.8 Å². The van der Waals surface area contributed by atoms with Crippen molar-refractivity contribution in [3.63, 3.8) is 0 Å². The lowest BCUT2D eigenvalue weighted by Crippen LogP contribution is -2.36. The molecule has 1 aliphatic rings. The fourth-order valence-electron chi connectivity index (χ4n) is 3.16. The first-order valence-electron chi connectivity index (χ1n) is 8.53. The average molecular weight is 352 g/mol. The lowest BCUT2D eigenvalue weighted by Gasteiger charge is -2.39. The van der Waals surface area contributed by atoms with Gasteiger partial charge >= 0.3 is 5.97 Å². The highest BCUT2D eigenvalue weighted by Crippen LogP contribution is 2.43. The van der Waals surface area contributed by atoms with Gasteiger partial charge in [-0.1, -0.05) is 33.6 Å². The number of benzene rings is 1. The molecule has 0 unspecified atom stereocenters. The third-order valence-corrected chi connectivity index (χ3v) is 4.97. The Labute approximate surface area is 152 Å². The molecule has 1 aliphatic carbocycles. The van der Waals surface area contributed by atoms with E-state index in [9.17, 15) is 9.18 Å². The van der Waals surface area contributed by atoms with Gasteiger partial charge in [-0.05, 0) is 37.0 Å². The molecule has 26 heavy (non-hydrogen) atoms. The molecule has 0 amide bonds. The SMILES string of the molecule is CC1(C)CCC(C)(C)c2nc(C#Cc3ccc(C(=O)O)cc3F)cnc21. The smallest absolute Gasteiger partial charge is 0.335 e. The van der Waals surface area contributed by atoms with Gasteiger partial charge in [0.2, 0.25) is 0 Å². The fraction of sp³-hybridized carbons (Fsp3) is 0.381. The molecule has 4 nitrogen and oxygen atoms in total. The Bertz CT molecular complexity index is 952. The topological polar surface area (TPSA) is 63.1 Å². The predicted octanol–water partition coefficient (Wildman–Crippen LogP) is 4.06. The minimum absolute atomic E-state index is 0.0252. The summed E-state index contributed by atoms with van der Waals surface area (Å²) in [6.45, 7) is 8.63. The molecule has 0 fully saturated rings. The molecule has 134 valence electrons. The van der Waals surface area contributed by atoms with E-state index in [2.05, 4.69) is 44.5 Å². The van der Waals surface area contributed by atoms with Crippen LogP contribution in [0.2, 0.25) is 0 Å². The van der Waals surface area contributed by atoms with Crippen LogP contribution in [0, 0.1) is 17.7 Å². The Kier molecular flexibility index (Phi) is 4.31. The van der Waals surface area contributed by atoms with E-state index in [1.54, 1.807) is 6.20 Å². The van der Waals surface area contributed by atoms with Gasteiger partial charge < -0.3 is 5.11 Å². The molecule has 1 N–H and O–H groups in total. The van der Waals surface area contributed by atoms with E-state index in [0.29, 0.717) is 5.69 Å². The van der Waals surface area contributed by atoms with Gasteiger partial charge in [-0.2, -0.15) is 0 Å². The largest absolute Gasteiger partial charge is 0.478 e. The van der Waals surface area contributed by atoms with Gasteiger partial charge in [-0.15, -0.1) is 0 Å². The van der Waals surface area contributed by atoms with Gasteiger partial charge in [0.15, 0.2) is 0 Å². The minimum atomic E-state index is -1.17. The van der Waals surface area contributed by atoms with Gasteiger partial charge in [0.1, 0.15) is 11.5 Å². The summed E-state index contributed by atoms with van der Waals surface area (Å²) in [5, 5.41) is 8.89. The second kappa shape index (κ2) is 6.21. The second-order valence-electron chi connectivity index (χ2n) is 7.97. The number of rotatable bonds is 1. The number of carboxylic acids is 1. The molecule has 5 heteroatoms. The van der Waals surface area contributed by atoms with Crippen LogP contribution in [0.1, 0.15) is 73.5 Å². The number of carboxylic acid groups (broad SMARTS) is 1. The first-order valence-corrected chi connectivity index (χ1v) is 8.53. The van der Waals surface area contributed by atoms with Crippen LogP contribution >= 0.6 is 0 Å². The summed E-state index contributed by atoms with van der Waals surface area (Å²) < 4.78 is 14.0. The predicted molar refractivity (Wildman–Crippen MR) is 96.7 cm³/mol. The zero-order valence-electron chi connectivity index (χ0n) is 15.4. The Balaban J connectivity index is 1.99. The third-order valence-electron chi connectivity index (χ3n) is 4.97. The van der Waals surface area contributed by atoms with Crippen LogP contribution in [0.5, 0.6) is 0 Å². The van der Waals surface area contributed by atoms with Crippen molar-refractivity contribution >= 4 is 5.97 Å². The van der Waals surface area contributed by atoms with Crippen molar-refractivity contribution in [1.82, 2.24) is 9.97 Å². The van der Waals surface area contributed by atoms with Gasteiger partial charge in [0, 0.05) is 10.8 Å². The number of carbonyl (C=O) groups is 1. The first kappa shape index (κ1) is 18.1. The lowest BCUT2D eigenvalue weighted by molar-refractivity contribution is 0.0696. The molecule has 0 atom stereocenters. The molecule has 0 spiro atoms. The summed E-state index contributed by atoms with van der Waals surface area (Å²) in [6, 6.07) is 3.67. The van der Waals surface area contributed by atoms with Crippen molar-refractivity contribution in [2.24, 2.45) is 0 Å². The van der Waals surface area contributed by atoms with Crippen LogP contribution < -0.4 is 0 Å². The number of hydrogen-bond donors (Lipinski definition) is 1. The quantitative estimate of drug-likeness (QED) is 0.786. The lowest BCUT2D eigenvalue weighted by atomic mass is 9.67. The molecule has 0 saturated carbocycles. The zero-order valence-corrected chi connectivity index (χ0v) is 15.4. The Hall–Kier alpha value is -2.74. The maximum Gasteiger partial charge on any atom is 0.335 e. The van der Waals surface area contributed by atoms with E-state index in [-0.39, 0.29) is 22.0 Å². The Morgan fingerprint density at radius 2 is 1.77 bits per heavy atom. The Morgan fingerprint density at radius 3 is 2.38 bits per heavy atom. The van der Waals surface area contributed by atoms with Crippen LogP contribution in [0.3, 0.4) is 0 Å². The highest BCUT2D eigenvalue weighted by atomic mass is 19.1. The van der Waals surface area contributed by atoms with Gasteiger partial charge in [-0.25, -0.2) is 14.2 Å². The fourth-order valence-corrected chi connectivity index (χ4v) is 3.16. The van der Waals surface area contributed by atoms with E-state index in [4.69, 9.17) is 10.1 Å². The zero-order chi connectivity index (χ0) is 19.1.